The van der Waals surface area contributed by atoms with E-state index in [-0.39, 0.29) is 4.73 Å². The molecule has 0 fully saturated rings. The predicted octanol–water partition coefficient (Wildman–Crippen LogP) is -0.830. The molecule has 4 N–H and O–H groups in total. The van der Waals surface area contributed by atoms with Crippen LogP contribution in [-0.4, -0.2) is 52.5 Å². The Bertz CT molecular complexity index is 724. The molecule has 1 amide bonds. The molecule has 0 saturated carbocycles. The largest absolute Gasteiger partial charge is 0.492 e. The summed E-state index contributed by atoms with van der Waals surface area (Å²) in [5.74, 6) is -6.03. The third-order valence-electron chi connectivity index (χ3n) is 2.22. The molecule has 1 aromatic heterocycles. The van der Waals surface area contributed by atoms with Gasteiger partial charge in [0.15, 0.2) is 4.90 Å². The summed E-state index contributed by atoms with van der Waals surface area (Å²) in [6.45, 7) is -0.773. The highest BCUT2D eigenvalue weighted by Gasteiger charge is 2.38. The summed E-state index contributed by atoms with van der Waals surface area (Å²) in [4.78, 5) is 24.9. The number of aromatic hydroxyl groups is 2. The summed E-state index contributed by atoms with van der Waals surface area (Å²) < 4.78 is 65.9. The van der Waals surface area contributed by atoms with E-state index < -0.39 is 57.8 Å². The van der Waals surface area contributed by atoms with E-state index in [1.165, 1.54) is 5.32 Å². The van der Waals surface area contributed by atoms with Gasteiger partial charge in [0.05, 0.1) is 6.42 Å². The Morgan fingerprint density at radius 2 is 1.87 bits per heavy atom. The number of alkyl halides is 3. The minimum absolute atomic E-state index is 0.0724. The maximum Gasteiger partial charge on any atom is 0.471 e. The third kappa shape index (κ3) is 4.75. The predicted molar refractivity (Wildman–Crippen MR) is 62.8 cm³/mol. The van der Waals surface area contributed by atoms with Crippen molar-refractivity contribution in [2.45, 2.75) is 17.5 Å². The van der Waals surface area contributed by atoms with Crippen molar-refractivity contribution in [1.29, 1.82) is 0 Å². The van der Waals surface area contributed by atoms with E-state index in [0.29, 0.717) is 6.07 Å². The fourth-order valence-electron chi connectivity index (χ4n) is 1.25. The van der Waals surface area contributed by atoms with E-state index in [1.807, 2.05) is 0 Å². The number of halogens is 3. The first kappa shape index (κ1) is 18.6. The van der Waals surface area contributed by atoms with Gasteiger partial charge in [-0.3, -0.25) is 9.35 Å². The van der Waals surface area contributed by atoms with Crippen LogP contribution in [0.5, 0.6) is 11.8 Å². The first-order chi connectivity index (χ1) is 10.3. The number of rotatable bonds is 5. The molecule has 0 aliphatic heterocycles. The van der Waals surface area contributed by atoms with Crippen molar-refractivity contribution in [1.82, 2.24) is 10.0 Å². The third-order valence-corrected chi connectivity index (χ3v) is 3.08. The van der Waals surface area contributed by atoms with Crippen LogP contribution in [0.25, 0.3) is 0 Å². The molecule has 0 radical (unpaired) electrons. The number of nitrogens with zero attached hydrogens (tertiary/aromatic N) is 1. The monoisotopic (exact) mass is 362 g/mol. The second-order valence-electron chi connectivity index (χ2n) is 3.93. The molecule has 1 heterocycles. The molecule has 0 aromatic carbocycles. The number of amides is 1. The zero-order valence-corrected chi connectivity index (χ0v) is 11.7. The summed E-state index contributed by atoms with van der Waals surface area (Å²) in [7, 11) is -4.92. The smallest absolute Gasteiger partial charge is 0.471 e. The van der Waals surface area contributed by atoms with Gasteiger partial charge < -0.3 is 20.4 Å². The molecule has 1 rings (SSSR count). The molecule has 0 saturated heterocycles. The zero-order chi connectivity index (χ0) is 18.0. The van der Waals surface area contributed by atoms with Crippen molar-refractivity contribution in [3.63, 3.8) is 0 Å². The summed E-state index contributed by atoms with van der Waals surface area (Å²) in [6, 6.07) is 0.364. The summed E-state index contributed by atoms with van der Waals surface area (Å²) in [5, 5.41) is 20.0. The number of nitrogens with one attached hydrogen (secondary N) is 1. The molecular formula is C9H9F3N2O8S. The number of aromatic nitrogens is 1. The maximum absolute atomic E-state index is 11.9. The van der Waals surface area contributed by atoms with Crippen LogP contribution in [-0.2, 0) is 19.7 Å². The number of carbonyl (C=O) groups is 2. The zero-order valence-electron chi connectivity index (χ0n) is 10.9. The van der Waals surface area contributed by atoms with Crippen LogP contribution >= 0.6 is 0 Å². The van der Waals surface area contributed by atoms with Gasteiger partial charge in [-0.1, -0.05) is 0 Å². The van der Waals surface area contributed by atoms with Gasteiger partial charge in [-0.25, -0.2) is 4.79 Å². The number of carbonyl (C=O) groups excluding carboxylic acids is 2. The van der Waals surface area contributed by atoms with E-state index in [0.717, 1.165) is 0 Å². The molecule has 1 aromatic rings. The molecular weight excluding hydrogens is 353 g/mol. The molecule has 130 valence electrons. The SMILES string of the molecule is O=C(CCNC(=O)C(F)(F)F)On1c(O)cc(S(=O)(=O)O)c1O. The topological polar surface area (TPSA) is 155 Å². The molecule has 0 spiro atoms. The first-order valence-corrected chi connectivity index (χ1v) is 6.95. The Balaban J connectivity index is 2.69. The standard InChI is InChI=1S/C9H9F3N2O8S/c10-9(11,12)8(18)13-2-1-6(16)22-14-5(15)3-4(7(14)17)23(19,20)21/h3,15,17H,1-2H2,(H,13,18)(H,19,20,21). The fraction of sp³-hybridized carbons (Fsp3) is 0.333. The van der Waals surface area contributed by atoms with Gasteiger partial charge in [0.1, 0.15) is 0 Å². The Labute approximate surface area is 125 Å². The lowest BCUT2D eigenvalue weighted by Crippen LogP contribution is -2.38. The van der Waals surface area contributed by atoms with E-state index in [1.54, 1.807) is 0 Å². The Hall–Kier alpha value is -2.48. The average molecular weight is 362 g/mol. The van der Waals surface area contributed by atoms with Gasteiger partial charge in [-0.2, -0.15) is 21.6 Å². The van der Waals surface area contributed by atoms with Gasteiger partial charge in [0, 0.05) is 12.6 Å². The highest BCUT2D eigenvalue weighted by molar-refractivity contribution is 7.86. The second kappa shape index (κ2) is 6.33. The van der Waals surface area contributed by atoms with Crippen molar-refractivity contribution in [3.05, 3.63) is 6.07 Å². The molecule has 0 aliphatic rings. The number of hydrogen-bond acceptors (Lipinski definition) is 7. The van der Waals surface area contributed by atoms with Crippen LogP contribution in [0.1, 0.15) is 6.42 Å². The fourth-order valence-corrected chi connectivity index (χ4v) is 1.82. The Morgan fingerprint density at radius 3 is 2.30 bits per heavy atom. The molecule has 23 heavy (non-hydrogen) atoms. The van der Waals surface area contributed by atoms with E-state index in [9.17, 15) is 41.4 Å². The minimum Gasteiger partial charge on any atom is -0.492 e. The van der Waals surface area contributed by atoms with Crippen LogP contribution in [0.3, 0.4) is 0 Å². The Morgan fingerprint density at radius 1 is 1.30 bits per heavy atom. The van der Waals surface area contributed by atoms with E-state index >= 15 is 0 Å². The maximum atomic E-state index is 11.9. The highest BCUT2D eigenvalue weighted by Crippen LogP contribution is 2.29. The molecule has 0 unspecified atom stereocenters. The molecule has 10 nitrogen and oxygen atoms in total. The molecule has 0 aliphatic carbocycles. The van der Waals surface area contributed by atoms with Crippen LogP contribution in [0.2, 0.25) is 0 Å². The van der Waals surface area contributed by atoms with Gasteiger partial charge in [-0.15, -0.1) is 4.73 Å². The highest BCUT2D eigenvalue weighted by atomic mass is 32.2. The average Bonchev–Trinajstić information content (AvgIpc) is 2.65. The number of hydrogen-bond donors (Lipinski definition) is 4. The van der Waals surface area contributed by atoms with E-state index in [2.05, 4.69) is 4.84 Å². The van der Waals surface area contributed by atoms with Crippen molar-refractivity contribution in [2.24, 2.45) is 0 Å². The van der Waals surface area contributed by atoms with Gasteiger partial charge >= 0.3 is 18.1 Å². The molecule has 0 bridgehead atoms. The lowest BCUT2D eigenvalue weighted by atomic mass is 10.4. The second-order valence-corrected chi connectivity index (χ2v) is 5.32. The lowest BCUT2D eigenvalue weighted by molar-refractivity contribution is -0.173. The van der Waals surface area contributed by atoms with Gasteiger partial charge in [0.2, 0.25) is 5.88 Å². The van der Waals surface area contributed by atoms with Crippen LogP contribution in [0.15, 0.2) is 11.0 Å². The van der Waals surface area contributed by atoms with Crippen LogP contribution in [0.4, 0.5) is 13.2 Å². The summed E-state index contributed by atoms with van der Waals surface area (Å²) >= 11 is 0. The first-order valence-electron chi connectivity index (χ1n) is 5.51. The quantitative estimate of drug-likeness (QED) is 0.495. The normalized spacial score (nSPS) is 12.0. The van der Waals surface area contributed by atoms with Crippen molar-refractivity contribution < 1.29 is 50.8 Å². The summed E-state index contributed by atoms with van der Waals surface area (Å²) in [5.41, 5.74) is 0. The van der Waals surface area contributed by atoms with Crippen molar-refractivity contribution in [2.75, 3.05) is 6.54 Å². The van der Waals surface area contributed by atoms with E-state index in [4.69, 9.17) is 4.55 Å². The molecule has 14 heteroatoms. The van der Waals surface area contributed by atoms with Crippen molar-refractivity contribution in [3.8, 4) is 11.8 Å². The summed E-state index contributed by atoms with van der Waals surface area (Å²) in [6.07, 6.45) is -5.93. The van der Waals surface area contributed by atoms with Gasteiger partial charge in [0.25, 0.3) is 16.0 Å². The van der Waals surface area contributed by atoms with Crippen molar-refractivity contribution >= 4 is 22.0 Å². The Kier molecular flexibility index (Phi) is 5.11. The lowest BCUT2D eigenvalue weighted by Gasteiger charge is -2.09. The van der Waals surface area contributed by atoms with Crippen LogP contribution in [0, 0.1) is 0 Å². The van der Waals surface area contributed by atoms with Crippen LogP contribution < -0.4 is 10.2 Å². The van der Waals surface area contributed by atoms with Gasteiger partial charge in [-0.05, 0) is 0 Å². The molecule has 0 atom stereocenters. The minimum atomic E-state index is -5.13.